The molecule has 0 fully saturated rings. The van der Waals surface area contributed by atoms with Crippen molar-refractivity contribution in [3.8, 4) is 0 Å². The standard InChI is InChI=1S/C19H17ClF3N7O/c1-9(10-4-11(19(21,22)23)6-12(24)5-10)27-15-13-7-30(8-14(13)28-18(20)29-15)17(31)16-25-2-3-26-16/h2-6,9H,7-8,24H2,1H3,(H,25,26)(H,27,28,29)/t9-/m1/s1. The number of amides is 1. The van der Waals surface area contributed by atoms with Gasteiger partial charge < -0.3 is 20.9 Å². The Morgan fingerprint density at radius 2 is 2.06 bits per heavy atom. The second kappa shape index (κ2) is 7.73. The number of imidazole rings is 1. The quantitative estimate of drug-likeness (QED) is 0.411. The van der Waals surface area contributed by atoms with Crippen LogP contribution in [0.1, 0.15) is 46.0 Å². The summed E-state index contributed by atoms with van der Waals surface area (Å²) >= 11 is 6.04. The van der Waals surface area contributed by atoms with Crippen LogP contribution in [0.25, 0.3) is 0 Å². The van der Waals surface area contributed by atoms with Crippen molar-refractivity contribution >= 4 is 29.0 Å². The highest BCUT2D eigenvalue weighted by atomic mass is 35.5. The fraction of sp³-hybridized carbons (Fsp3) is 0.263. The molecule has 3 aromatic rings. The largest absolute Gasteiger partial charge is 0.416 e. The topological polar surface area (TPSA) is 113 Å². The number of halogens is 4. The number of hydrogen-bond acceptors (Lipinski definition) is 6. The molecule has 12 heteroatoms. The third-order valence-electron chi connectivity index (χ3n) is 4.90. The van der Waals surface area contributed by atoms with Gasteiger partial charge in [-0.2, -0.15) is 13.2 Å². The number of benzene rings is 1. The van der Waals surface area contributed by atoms with Crippen LogP contribution in [0, 0.1) is 0 Å². The third kappa shape index (κ3) is 4.26. The molecular formula is C19H17ClF3N7O. The van der Waals surface area contributed by atoms with E-state index in [4.69, 9.17) is 17.3 Å². The normalized spacial score (nSPS) is 14.4. The van der Waals surface area contributed by atoms with E-state index in [9.17, 15) is 18.0 Å². The fourth-order valence-corrected chi connectivity index (χ4v) is 3.58. The van der Waals surface area contributed by atoms with Gasteiger partial charge in [-0.3, -0.25) is 4.79 Å². The summed E-state index contributed by atoms with van der Waals surface area (Å²) in [6.45, 7) is 2.08. The Kier molecular flexibility index (Phi) is 5.21. The molecule has 1 aliphatic heterocycles. The van der Waals surface area contributed by atoms with Gasteiger partial charge >= 0.3 is 6.18 Å². The van der Waals surface area contributed by atoms with Gasteiger partial charge in [0.2, 0.25) is 5.28 Å². The first-order chi connectivity index (χ1) is 14.6. The van der Waals surface area contributed by atoms with E-state index < -0.39 is 17.8 Å². The number of aromatic amines is 1. The van der Waals surface area contributed by atoms with Gasteiger partial charge in [0, 0.05) is 23.6 Å². The smallest absolute Gasteiger partial charge is 0.399 e. The molecule has 2 aromatic heterocycles. The number of alkyl halides is 3. The molecule has 3 heterocycles. The average Bonchev–Trinajstić information content (AvgIpc) is 3.36. The van der Waals surface area contributed by atoms with E-state index >= 15 is 0 Å². The first-order valence-corrected chi connectivity index (χ1v) is 9.57. The van der Waals surface area contributed by atoms with Crippen LogP contribution >= 0.6 is 11.6 Å². The summed E-state index contributed by atoms with van der Waals surface area (Å²) in [4.78, 5) is 29.2. The molecule has 4 N–H and O–H groups in total. The first-order valence-electron chi connectivity index (χ1n) is 9.20. The molecular weight excluding hydrogens is 435 g/mol. The van der Waals surface area contributed by atoms with Gasteiger partial charge in [-0.05, 0) is 42.3 Å². The molecule has 0 unspecified atom stereocenters. The van der Waals surface area contributed by atoms with Crippen LogP contribution in [0.4, 0.5) is 24.7 Å². The number of anilines is 2. The number of hydrogen-bond donors (Lipinski definition) is 3. The van der Waals surface area contributed by atoms with E-state index in [0.29, 0.717) is 22.6 Å². The van der Waals surface area contributed by atoms with Crippen LogP contribution in [0.2, 0.25) is 5.28 Å². The maximum atomic E-state index is 13.1. The van der Waals surface area contributed by atoms with Crippen molar-refractivity contribution in [2.24, 2.45) is 0 Å². The predicted molar refractivity (Wildman–Crippen MR) is 107 cm³/mol. The highest BCUT2D eigenvalue weighted by Gasteiger charge is 2.32. The first kappa shape index (κ1) is 20.9. The summed E-state index contributed by atoms with van der Waals surface area (Å²) in [5.74, 6) is 0.214. The lowest BCUT2D eigenvalue weighted by atomic mass is 10.0. The van der Waals surface area contributed by atoms with Gasteiger partial charge in [-0.1, -0.05) is 0 Å². The van der Waals surface area contributed by atoms with E-state index in [-0.39, 0.29) is 35.8 Å². The molecule has 0 radical (unpaired) electrons. The number of aromatic nitrogens is 4. The molecule has 1 aromatic carbocycles. The molecule has 0 bridgehead atoms. The number of carbonyl (C=O) groups is 1. The predicted octanol–water partition coefficient (Wildman–Crippen LogP) is 3.78. The van der Waals surface area contributed by atoms with Crippen molar-refractivity contribution in [2.45, 2.75) is 32.2 Å². The van der Waals surface area contributed by atoms with Crippen molar-refractivity contribution in [1.29, 1.82) is 0 Å². The molecule has 1 aliphatic rings. The van der Waals surface area contributed by atoms with E-state index in [2.05, 4.69) is 25.3 Å². The van der Waals surface area contributed by atoms with Gasteiger partial charge in [-0.15, -0.1) is 0 Å². The van der Waals surface area contributed by atoms with E-state index in [1.807, 2.05) is 0 Å². The number of nitrogens with zero attached hydrogens (tertiary/aromatic N) is 4. The lowest BCUT2D eigenvalue weighted by Crippen LogP contribution is -2.26. The van der Waals surface area contributed by atoms with Crippen molar-refractivity contribution in [3.63, 3.8) is 0 Å². The minimum atomic E-state index is -4.52. The van der Waals surface area contributed by atoms with Crippen molar-refractivity contribution in [2.75, 3.05) is 11.1 Å². The maximum Gasteiger partial charge on any atom is 0.416 e. The Balaban J connectivity index is 1.60. The second-order valence-electron chi connectivity index (χ2n) is 7.12. The Morgan fingerprint density at radius 3 is 2.74 bits per heavy atom. The fourth-order valence-electron chi connectivity index (χ4n) is 3.40. The molecule has 162 valence electrons. The van der Waals surface area contributed by atoms with Crippen LogP contribution in [0.3, 0.4) is 0 Å². The van der Waals surface area contributed by atoms with Crippen molar-refractivity contribution < 1.29 is 18.0 Å². The monoisotopic (exact) mass is 451 g/mol. The Labute approximate surface area is 179 Å². The molecule has 0 spiro atoms. The zero-order valence-corrected chi connectivity index (χ0v) is 16.9. The number of nitrogen functional groups attached to an aromatic ring is 1. The average molecular weight is 452 g/mol. The highest BCUT2D eigenvalue weighted by molar-refractivity contribution is 6.28. The summed E-state index contributed by atoms with van der Waals surface area (Å²) in [5.41, 5.74) is 6.36. The van der Waals surface area contributed by atoms with E-state index in [1.165, 1.54) is 17.2 Å². The third-order valence-corrected chi connectivity index (χ3v) is 5.07. The van der Waals surface area contributed by atoms with Crippen LogP contribution in [0.15, 0.2) is 30.6 Å². The van der Waals surface area contributed by atoms with Gasteiger partial charge in [0.15, 0.2) is 5.82 Å². The van der Waals surface area contributed by atoms with E-state index in [1.54, 1.807) is 13.1 Å². The lowest BCUT2D eigenvalue weighted by molar-refractivity contribution is -0.137. The number of carbonyl (C=O) groups excluding carboxylic acids is 1. The van der Waals surface area contributed by atoms with E-state index in [0.717, 1.165) is 12.1 Å². The van der Waals surface area contributed by atoms with Crippen molar-refractivity contribution in [3.05, 3.63) is 64.1 Å². The van der Waals surface area contributed by atoms with Crippen LogP contribution in [0.5, 0.6) is 0 Å². The molecule has 0 saturated carbocycles. The molecule has 31 heavy (non-hydrogen) atoms. The van der Waals surface area contributed by atoms with Crippen LogP contribution in [-0.2, 0) is 19.3 Å². The van der Waals surface area contributed by atoms with Gasteiger partial charge in [0.05, 0.1) is 30.4 Å². The molecule has 4 rings (SSSR count). The Morgan fingerprint density at radius 1 is 1.29 bits per heavy atom. The number of nitrogens with two attached hydrogens (primary N) is 1. The number of H-pyrrole nitrogens is 1. The second-order valence-corrected chi connectivity index (χ2v) is 7.46. The lowest BCUT2D eigenvalue weighted by Gasteiger charge is -2.19. The zero-order valence-electron chi connectivity index (χ0n) is 16.2. The molecule has 1 amide bonds. The molecule has 0 aliphatic carbocycles. The van der Waals surface area contributed by atoms with Gasteiger partial charge in [0.1, 0.15) is 5.82 Å². The van der Waals surface area contributed by atoms with Gasteiger partial charge in [0.25, 0.3) is 5.91 Å². The molecule has 1 atom stereocenters. The number of fused-ring (bicyclic) bond motifs is 1. The summed E-state index contributed by atoms with van der Waals surface area (Å²) in [7, 11) is 0. The number of nitrogens with one attached hydrogen (secondary N) is 2. The highest BCUT2D eigenvalue weighted by Crippen LogP contribution is 2.35. The SMILES string of the molecule is C[C@@H](Nc1nc(Cl)nc2c1CN(C(=O)c1ncc[nH]1)C2)c1cc(N)cc(C(F)(F)F)c1. The van der Waals surface area contributed by atoms with Crippen LogP contribution in [-0.4, -0.2) is 30.7 Å². The van der Waals surface area contributed by atoms with Crippen LogP contribution < -0.4 is 11.1 Å². The summed E-state index contributed by atoms with van der Waals surface area (Å²) < 4.78 is 39.4. The van der Waals surface area contributed by atoms with Crippen molar-refractivity contribution in [1.82, 2.24) is 24.8 Å². The molecule has 8 nitrogen and oxygen atoms in total. The summed E-state index contributed by atoms with van der Waals surface area (Å²) in [5, 5.41) is 3.04. The van der Waals surface area contributed by atoms with Gasteiger partial charge in [-0.25, -0.2) is 15.0 Å². The number of rotatable bonds is 4. The zero-order chi connectivity index (χ0) is 22.3. The summed E-state index contributed by atoms with van der Waals surface area (Å²) in [6.07, 6.45) is -1.50. The Hall–Kier alpha value is -3.34. The summed E-state index contributed by atoms with van der Waals surface area (Å²) in [6, 6.07) is 2.80. The minimum absolute atomic E-state index is 0.000330. The minimum Gasteiger partial charge on any atom is -0.399 e. The molecule has 0 saturated heterocycles. The maximum absolute atomic E-state index is 13.1. The Bertz CT molecular complexity index is 1130.